The molecule has 0 bridgehead atoms. The lowest BCUT2D eigenvalue weighted by molar-refractivity contribution is 0.242. The molecule has 0 aliphatic rings. The van der Waals surface area contributed by atoms with E-state index in [9.17, 15) is 0 Å². The van der Waals surface area contributed by atoms with Gasteiger partial charge >= 0.3 is 0 Å². The minimum absolute atomic E-state index is 0.109. The van der Waals surface area contributed by atoms with Crippen LogP contribution in [0.25, 0.3) is 0 Å². The van der Waals surface area contributed by atoms with Crippen molar-refractivity contribution in [3.8, 4) is 5.75 Å². The van der Waals surface area contributed by atoms with E-state index < -0.39 is 0 Å². The third kappa shape index (κ3) is 3.58. The number of nitrogens with one attached hydrogen (secondary N) is 1. The second kappa shape index (κ2) is 6.06. The molecule has 0 aromatic heterocycles. The van der Waals surface area contributed by atoms with Gasteiger partial charge in [-0.25, -0.2) is 0 Å². The Kier molecular flexibility index (Phi) is 4.40. The first-order valence-electron chi connectivity index (χ1n) is 6.55. The van der Waals surface area contributed by atoms with E-state index in [1.54, 1.807) is 0 Å². The van der Waals surface area contributed by atoms with Crippen molar-refractivity contribution in [3.05, 3.63) is 47.0 Å². The quantitative estimate of drug-likeness (QED) is 0.798. The van der Waals surface area contributed by atoms with Crippen molar-refractivity contribution in [3.63, 3.8) is 0 Å². The number of benzene rings is 2. The summed E-state index contributed by atoms with van der Waals surface area (Å²) in [5.41, 5.74) is 9.41. The van der Waals surface area contributed by atoms with Gasteiger partial charge in [0.25, 0.3) is 0 Å². The molecule has 0 unspecified atom stereocenters. The fourth-order valence-corrected chi connectivity index (χ4v) is 2.11. The van der Waals surface area contributed by atoms with Crippen molar-refractivity contribution in [2.45, 2.75) is 26.9 Å². The lowest BCUT2D eigenvalue weighted by atomic mass is 10.2. The first-order valence-corrected chi connectivity index (χ1v) is 6.93. The molecule has 4 heteroatoms. The van der Waals surface area contributed by atoms with E-state index in [-0.39, 0.29) is 6.10 Å². The molecule has 0 saturated carbocycles. The molecule has 3 N–H and O–H groups in total. The standard InChI is InChI=1S/C16H19ClN2O/c1-10(2)20-14-8-12(18)7-13(9-14)19-16-6-4-5-15(17)11(16)3/h4-10,19H,18H2,1-3H3. The number of nitrogen functional groups attached to an aromatic ring is 1. The summed E-state index contributed by atoms with van der Waals surface area (Å²) in [6.07, 6.45) is 0.109. The molecule has 2 aromatic rings. The van der Waals surface area contributed by atoms with Crippen LogP contribution < -0.4 is 15.8 Å². The Bertz CT molecular complexity index is 611. The van der Waals surface area contributed by atoms with Gasteiger partial charge in [0.1, 0.15) is 5.75 Å². The Hall–Kier alpha value is -1.87. The molecular formula is C16H19ClN2O. The van der Waals surface area contributed by atoms with Gasteiger partial charge in [0.2, 0.25) is 0 Å². The molecule has 0 atom stereocenters. The smallest absolute Gasteiger partial charge is 0.123 e. The first-order chi connectivity index (χ1) is 9.45. The van der Waals surface area contributed by atoms with Gasteiger partial charge in [-0.15, -0.1) is 0 Å². The van der Waals surface area contributed by atoms with Crippen LogP contribution in [-0.4, -0.2) is 6.10 Å². The highest BCUT2D eigenvalue weighted by molar-refractivity contribution is 6.31. The predicted molar refractivity (Wildman–Crippen MR) is 86.1 cm³/mol. The molecule has 2 aromatic carbocycles. The van der Waals surface area contributed by atoms with Gasteiger partial charge in [0.05, 0.1) is 6.10 Å². The maximum Gasteiger partial charge on any atom is 0.123 e. The van der Waals surface area contributed by atoms with Crippen LogP contribution >= 0.6 is 11.6 Å². The van der Waals surface area contributed by atoms with Gasteiger partial charge in [-0.1, -0.05) is 17.7 Å². The largest absolute Gasteiger partial charge is 0.491 e. The zero-order valence-electron chi connectivity index (χ0n) is 11.9. The number of rotatable bonds is 4. The van der Waals surface area contributed by atoms with Gasteiger partial charge < -0.3 is 15.8 Å². The number of ether oxygens (including phenoxy) is 1. The van der Waals surface area contributed by atoms with Crippen molar-refractivity contribution >= 4 is 28.7 Å². The number of anilines is 3. The van der Waals surface area contributed by atoms with E-state index in [4.69, 9.17) is 22.1 Å². The highest BCUT2D eigenvalue weighted by atomic mass is 35.5. The molecular weight excluding hydrogens is 272 g/mol. The van der Waals surface area contributed by atoms with E-state index in [1.165, 1.54) is 0 Å². The summed E-state index contributed by atoms with van der Waals surface area (Å²) in [4.78, 5) is 0. The van der Waals surface area contributed by atoms with Crippen LogP contribution in [0.15, 0.2) is 36.4 Å². The number of halogens is 1. The predicted octanol–water partition coefficient (Wildman–Crippen LogP) is 4.76. The topological polar surface area (TPSA) is 47.3 Å². The molecule has 106 valence electrons. The SMILES string of the molecule is Cc1c(Cl)cccc1Nc1cc(N)cc(OC(C)C)c1. The molecule has 0 saturated heterocycles. The second-order valence-electron chi connectivity index (χ2n) is 4.99. The lowest BCUT2D eigenvalue weighted by Gasteiger charge is -2.14. The molecule has 0 spiro atoms. The Balaban J connectivity index is 2.29. The molecule has 0 fully saturated rings. The zero-order chi connectivity index (χ0) is 14.7. The van der Waals surface area contributed by atoms with E-state index >= 15 is 0 Å². The molecule has 3 nitrogen and oxygen atoms in total. The maximum atomic E-state index is 6.12. The highest BCUT2D eigenvalue weighted by Gasteiger charge is 2.05. The summed E-state index contributed by atoms with van der Waals surface area (Å²) >= 11 is 6.12. The summed E-state index contributed by atoms with van der Waals surface area (Å²) in [5.74, 6) is 0.752. The van der Waals surface area contributed by atoms with Gasteiger partial charge in [0.15, 0.2) is 0 Å². The Morgan fingerprint density at radius 1 is 1.20 bits per heavy atom. The minimum Gasteiger partial charge on any atom is -0.491 e. The fourth-order valence-electron chi connectivity index (χ4n) is 1.93. The second-order valence-corrected chi connectivity index (χ2v) is 5.40. The number of hydrogen-bond donors (Lipinski definition) is 2. The average molecular weight is 291 g/mol. The molecule has 0 aliphatic carbocycles. The Labute approximate surface area is 124 Å². The molecule has 0 aliphatic heterocycles. The summed E-state index contributed by atoms with van der Waals surface area (Å²) < 4.78 is 5.68. The maximum absolute atomic E-state index is 6.12. The summed E-state index contributed by atoms with van der Waals surface area (Å²) in [5, 5.41) is 4.06. The van der Waals surface area contributed by atoms with Crippen molar-refractivity contribution in [2.24, 2.45) is 0 Å². The van der Waals surface area contributed by atoms with Crippen LogP contribution in [0.5, 0.6) is 5.75 Å². The van der Waals surface area contributed by atoms with Crippen LogP contribution in [0.3, 0.4) is 0 Å². The van der Waals surface area contributed by atoms with Gasteiger partial charge in [0, 0.05) is 34.2 Å². The molecule has 0 heterocycles. The summed E-state index contributed by atoms with van der Waals surface area (Å²) in [6, 6.07) is 11.4. The third-order valence-electron chi connectivity index (χ3n) is 2.85. The van der Waals surface area contributed by atoms with Gasteiger partial charge in [-0.3, -0.25) is 0 Å². The van der Waals surface area contributed by atoms with E-state index in [0.29, 0.717) is 5.69 Å². The average Bonchev–Trinajstić information content (AvgIpc) is 2.33. The van der Waals surface area contributed by atoms with Crippen LogP contribution in [0.4, 0.5) is 17.1 Å². The third-order valence-corrected chi connectivity index (χ3v) is 3.26. The minimum atomic E-state index is 0.109. The normalized spacial score (nSPS) is 10.7. The summed E-state index contributed by atoms with van der Waals surface area (Å²) in [6.45, 7) is 5.94. The van der Waals surface area contributed by atoms with Gasteiger partial charge in [-0.05, 0) is 44.5 Å². The van der Waals surface area contributed by atoms with Gasteiger partial charge in [-0.2, -0.15) is 0 Å². The Morgan fingerprint density at radius 3 is 2.65 bits per heavy atom. The van der Waals surface area contributed by atoms with Crippen LogP contribution in [-0.2, 0) is 0 Å². The lowest BCUT2D eigenvalue weighted by Crippen LogP contribution is -2.06. The van der Waals surface area contributed by atoms with E-state index in [1.807, 2.05) is 57.2 Å². The van der Waals surface area contributed by atoms with Crippen molar-refractivity contribution in [1.82, 2.24) is 0 Å². The Morgan fingerprint density at radius 2 is 1.95 bits per heavy atom. The van der Waals surface area contributed by atoms with Crippen molar-refractivity contribution in [2.75, 3.05) is 11.1 Å². The van der Waals surface area contributed by atoms with E-state index in [2.05, 4.69) is 5.32 Å². The van der Waals surface area contributed by atoms with E-state index in [0.717, 1.165) is 27.7 Å². The van der Waals surface area contributed by atoms with Crippen molar-refractivity contribution in [1.29, 1.82) is 0 Å². The molecule has 2 rings (SSSR count). The zero-order valence-corrected chi connectivity index (χ0v) is 12.7. The highest BCUT2D eigenvalue weighted by Crippen LogP contribution is 2.29. The molecule has 0 radical (unpaired) electrons. The number of hydrogen-bond acceptors (Lipinski definition) is 3. The van der Waals surface area contributed by atoms with Crippen molar-refractivity contribution < 1.29 is 4.74 Å². The first kappa shape index (κ1) is 14.5. The number of nitrogens with two attached hydrogens (primary N) is 1. The fraction of sp³-hybridized carbons (Fsp3) is 0.250. The summed E-state index contributed by atoms with van der Waals surface area (Å²) in [7, 11) is 0. The monoisotopic (exact) mass is 290 g/mol. The molecule has 0 amide bonds. The molecule has 20 heavy (non-hydrogen) atoms. The van der Waals surface area contributed by atoms with Crippen LogP contribution in [0.1, 0.15) is 19.4 Å². The van der Waals surface area contributed by atoms with Crippen LogP contribution in [0, 0.1) is 6.92 Å². The van der Waals surface area contributed by atoms with Crippen LogP contribution in [0.2, 0.25) is 5.02 Å².